The Morgan fingerprint density at radius 2 is 1.86 bits per heavy atom. The minimum atomic E-state index is 0.849. The quantitative estimate of drug-likeness (QED) is 0.666. The van der Waals surface area contributed by atoms with Gasteiger partial charge in [0.2, 0.25) is 0 Å². The van der Waals surface area contributed by atoms with Crippen LogP contribution < -0.4 is 10.6 Å². The second-order valence-corrected chi connectivity index (χ2v) is 5.30. The lowest BCUT2D eigenvalue weighted by atomic mass is 10.0. The van der Waals surface area contributed by atoms with Crippen molar-refractivity contribution in [2.75, 3.05) is 17.2 Å². The van der Waals surface area contributed by atoms with E-state index in [4.69, 9.17) is 0 Å². The predicted octanol–water partition coefficient (Wildman–Crippen LogP) is 3.83. The Hall–Kier alpha value is -2.75. The van der Waals surface area contributed by atoms with Crippen LogP contribution in [0.1, 0.15) is 12.5 Å². The van der Waals surface area contributed by atoms with Crippen LogP contribution in [0.2, 0.25) is 0 Å². The van der Waals surface area contributed by atoms with Crippen LogP contribution in [-0.2, 0) is 0 Å². The van der Waals surface area contributed by atoms with Crippen LogP contribution in [0, 0.1) is 0 Å². The average molecular weight is 276 g/mol. The van der Waals surface area contributed by atoms with E-state index in [0.717, 1.165) is 34.6 Å². The Morgan fingerprint density at radius 1 is 1.05 bits per heavy atom. The second-order valence-electron chi connectivity index (χ2n) is 5.30. The van der Waals surface area contributed by atoms with Gasteiger partial charge in [0.05, 0.1) is 5.52 Å². The zero-order valence-electron chi connectivity index (χ0n) is 11.8. The van der Waals surface area contributed by atoms with Crippen LogP contribution in [-0.4, -0.2) is 16.7 Å². The monoisotopic (exact) mass is 276 g/mol. The molecule has 21 heavy (non-hydrogen) atoms. The number of nitrogens with one attached hydrogen (secondary N) is 3. The average Bonchev–Trinajstić information content (AvgIpc) is 2.93. The van der Waals surface area contributed by atoms with Crippen LogP contribution in [0.4, 0.5) is 11.5 Å². The van der Waals surface area contributed by atoms with Gasteiger partial charge in [0.25, 0.3) is 0 Å². The molecule has 0 fully saturated rings. The van der Waals surface area contributed by atoms with Gasteiger partial charge in [-0.15, -0.1) is 0 Å². The number of fused-ring (bicyclic) bond motifs is 2. The summed E-state index contributed by atoms with van der Waals surface area (Å²) in [5.41, 5.74) is 5.81. The van der Waals surface area contributed by atoms with Crippen molar-refractivity contribution >= 4 is 28.1 Å². The summed E-state index contributed by atoms with van der Waals surface area (Å²) in [6, 6.07) is 16.5. The number of H-pyrrole nitrogens is 1. The van der Waals surface area contributed by atoms with Crippen molar-refractivity contribution in [1.82, 2.24) is 10.2 Å². The first kappa shape index (κ1) is 12.0. The summed E-state index contributed by atoms with van der Waals surface area (Å²) in [4.78, 5) is 0. The third kappa shape index (κ3) is 1.96. The molecule has 1 aliphatic rings. The van der Waals surface area contributed by atoms with Gasteiger partial charge in [-0.2, -0.15) is 5.10 Å². The van der Waals surface area contributed by atoms with E-state index in [1.54, 1.807) is 0 Å². The van der Waals surface area contributed by atoms with Gasteiger partial charge in [0.1, 0.15) is 0 Å². The van der Waals surface area contributed by atoms with Gasteiger partial charge in [-0.1, -0.05) is 30.3 Å². The van der Waals surface area contributed by atoms with Crippen molar-refractivity contribution in [2.45, 2.75) is 6.92 Å². The first-order valence-electron chi connectivity index (χ1n) is 7.06. The van der Waals surface area contributed by atoms with E-state index in [2.05, 4.69) is 52.0 Å². The molecule has 1 aromatic heterocycles. The number of hydrogen-bond acceptors (Lipinski definition) is 3. The van der Waals surface area contributed by atoms with Crippen molar-refractivity contribution in [3.8, 4) is 0 Å². The molecule has 4 rings (SSSR count). The van der Waals surface area contributed by atoms with Crippen molar-refractivity contribution in [3.63, 3.8) is 0 Å². The van der Waals surface area contributed by atoms with Crippen LogP contribution in [0.25, 0.3) is 16.6 Å². The Kier molecular flexibility index (Phi) is 2.67. The SMILES string of the molecule is CC1=C(Nc2n[nH]c3ccccc23)c2ccccc2NC1. The molecule has 2 aromatic carbocycles. The molecule has 0 saturated carbocycles. The fourth-order valence-corrected chi connectivity index (χ4v) is 2.75. The van der Waals surface area contributed by atoms with Gasteiger partial charge >= 0.3 is 0 Å². The van der Waals surface area contributed by atoms with Crippen molar-refractivity contribution in [3.05, 3.63) is 59.7 Å². The van der Waals surface area contributed by atoms with Gasteiger partial charge in [0, 0.05) is 28.9 Å². The molecule has 4 nitrogen and oxygen atoms in total. The van der Waals surface area contributed by atoms with Crippen LogP contribution in [0.3, 0.4) is 0 Å². The number of anilines is 2. The summed E-state index contributed by atoms with van der Waals surface area (Å²) in [5.74, 6) is 0.872. The van der Waals surface area contributed by atoms with Crippen LogP contribution in [0.5, 0.6) is 0 Å². The summed E-state index contributed by atoms with van der Waals surface area (Å²) >= 11 is 0. The standard InChI is InChI=1S/C17H16N4/c1-11-10-18-14-8-4-2-6-12(14)16(11)19-17-13-7-3-5-9-15(13)20-21-17/h2-9,18H,10H2,1H3,(H2,19,20,21). The number of aromatic nitrogens is 2. The van der Waals surface area contributed by atoms with Crippen LogP contribution in [0.15, 0.2) is 54.1 Å². The molecule has 4 heteroatoms. The molecule has 0 radical (unpaired) electrons. The maximum absolute atomic E-state index is 4.41. The molecular weight excluding hydrogens is 260 g/mol. The number of hydrogen-bond donors (Lipinski definition) is 3. The third-order valence-corrected chi connectivity index (χ3v) is 3.88. The zero-order valence-corrected chi connectivity index (χ0v) is 11.8. The van der Waals surface area contributed by atoms with Crippen molar-refractivity contribution < 1.29 is 0 Å². The van der Waals surface area contributed by atoms with E-state index in [1.807, 2.05) is 24.3 Å². The molecule has 2 heterocycles. The Labute approximate surface area is 122 Å². The van der Waals surface area contributed by atoms with E-state index in [0.29, 0.717) is 0 Å². The highest BCUT2D eigenvalue weighted by Gasteiger charge is 2.17. The number of aromatic amines is 1. The molecule has 3 aromatic rings. The normalized spacial score (nSPS) is 14.0. The molecule has 0 spiro atoms. The summed E-state index contributed by atoms with van der Waals surface area (Å²) in [7, 11) is 0. The number of rotatable bonds is 2. The lowest BCUT2D eigenvalue weighted by Crippen LogP contribution is -2.16. The second kappa shape index (κ2) is 4.66. The minimum absolute atomic E-state index is 0.849. The van der Waals surface area contributed by atoms with Gasteiger partial charge in [-0.25, -0.2) is 0 Å². The van der Waals surface area contributed by atoms with E-state index >= 15 is 0 Å². The summed E-state index contributed by atoms with van der Waals surface area (Å²) in [6.07, 6.45) is 0. The smallest absolute Gasteiger partial charge is 0.160 e. The Balaban J connectivity index is 1.80. The highest BCUT2D eigenvalue weighted by molar-refractivity contribution is 5.96. The molecular formula is C17H16N4. The summed E-state index contributed by atoms with van der Waals surface area (Å²) in [6.45, 7) is 2.99. The van der Waals surface area contributed by atoms with Gasteiger partial charge in [-0.05, 0) is 30.7 Å². The molecule has 0 aliphatic carbocycles. The molecule has 3 N–H and O–H groups in total. The van der Waals surface area contributed by atoms with E-state index in [9.17, 15) is 0 Å². The highest BCUT2D eigenvalue weighted by atomic mass is 15.2. The van der Waals surface area contributed by atoms with E-state index < -0.39 is 0 Å². The third-order valence-electron chi connectivity index (χ3n) is 3.88. The lowest BCUT2D eigenvalue weighted by molar-refractivity contribution is 1.11. The molecule has 104 valence electrons. The number of benzene rings is 2. The van der Waals surface area contributed by atoms with Crippen molar-refractivity contribution in [1.29, 1.82) is 0 Å². The minimum Gasteiger partial charge on any atom is -0.381 e. The molecule has 0 saturated heterocycles. The fraction of sp³-hybridized carbons (Fsp3) is 0.118. The predicted molar refractivity (Wildman–Crippen MR) is 87.2 cm³/mol. The van der Waals surface area contributed by atoms with E-state index in [1.165, 1.54) is 11.1 Å². The Morgan fingerprint density at radius 3 is 2.81 bits per heavy atom. The van der Waals surface area contributed by atoms with Gasteiger partial charge in [0.15, 0.2) is 5.82 Å². The van der Waals surface area contributed by atoms with Gasteiger partial charge in [-0.3, -0.25) is 5.10 Å². The van der Waals surface area contributed by atoms with Gasteiger partial charge < -0.3 is 10.6 Å². The number of para-hydroxylation sites is 2. The summed E-state index contributed by atoms with van der Waals surface area (Å²) in [5, 5.41) is 15.5. The van der Waals surface area contributed by atoms with Crippen molar-refractivity contribution in [2.24, 2.45) is 0 Å². The topological polar surface area (TPSA) is 52.7 Å². The number of nitrogens with zero attached hydrogens (tertiary/aromatic N) is 1. The zero-order chi connectivity index (χ0) is 14.2. The largest absolute Gasteiger partial charge is 0.381 e. The molecule has 0 atom stereocenters. The molecule has 0 unspecified atom stereocenters. The summed E-state index contributed by atoms with van der Waals surface area (Å²) < 4.78 is 0. The lowest BCUT2D eigenvalue weighted by Gasteiger charge is -2.23. The van der Waals surface area contributed by atoms with Crippen LogP contribution >= 0.6 is 0 Å². The fourth-order valence-electron chi connectivity index (χ4n) is 2.75. The highest BCUT2D eigenvalue weighted by Crippen LogP contribution is 2.32. The Bertz CT molecular complexity index is 845. The van der Waals surface area contributed by atoms with E-state index in [-0.39, 0.29) is 0 Å². The first-order chi connectivity index (χ1) is 10.3. The molecule has 1 aliphatic heterocycles. The maximum Gasteiger partial charge on any atom is 0.160 e. The molecule has 0 bridgehead atoms. The maximum atomic E-state index is 4.41. The molecule has 0 amide bonds. The first-order valence-corrected chi connectivity index (χ1v) is 7.06.